The average molecular weight is 345 g/mol. The molecule has 7 heteroatoms. The Morgan fingerprint density at radius 3 is 2.77 bits per heavy atom. The number of anilines is 1. The number of benzene rings is 2. The summed E-state index contributed by atoms with van der Waals surface area (Å²) in [6.07, 6.45) is 3.19. The van der Waals surface area contributed by atoms with Crippen LogP contribution in [0.2, 0.25) is 0 Å². The molecule has 2 aromatic carbocycles. The zero-order valence-corrected chi connectivity index (χ0v) is 13.7. The number of hydrogen-bond acceptors (Lipinski definition) is 6. The van der Waals surface area contributed by atoms with E-state index in [4.69, 9.17) is 15.2 Å². The van der Waals surface area contributed by atoms with E-state index in [1.807, 2.05) is 48.7 Å². The highest BCUT2D eigenvalue weighted by atomic mass is 16.6. The minimum atomic E-state index is -0.398. The zero-order chi connectivity index (χ0) is 17.5. The summed E-state index contributed by atoms with van der Waals surface area (Å²) in [6, 6.07) is 13.4. The number of rotatable bonds is 2. The van der Waals surface area contributed by atoms with Gasteiger partial charge in [-0.1, -0.05) is 18.2 Å². The molecule has 1 aliphatic heterocycles. The van der Waals surface area contributed by atoms with Gasteiger partial charge >= 0.3 is 0 Å². The predicted octanol–water partition coefficient (Wildman–Crippen LogP) is 3.11. The van der Waals surface area contributed by atoms with Crippen LogP contribution in [0.25, 0.3) is 22.0 Å². The number of H-pyrrole nitrogens is 1. The molecule has 0 aliphatic carbocycles. The lowest BCUT2D eigenvalue weighted by atomic mass is 10.1. The fourth-order valence-electron chi connectivity index (χ4n) is 3.05. The van der Waals surface area contributed by atoms with Crippen molar-refractivity contribution in [2.24, 2.45) is 0 Å². The first-order valence-corrected chi connectivity index (χ1v) is 8.23. The normalized spacial score (nSPS) is 15.9. The van der Waals surface area contributed by atoms with Gasteiger partial charge in [0.05, 0.1) is 11.7 Å². The van der Waals surface area contributed by atoms with Crippen molar-refractivity contribution in [2.75, 3.05) is 12.3 Å². The van der Waals surface area contributed by atoms with Crippen molar-refractivity contribution in [1.82, 2.24) is 20.2 Å². The topological polar surface area (TPSA) is 98.9 Å². The molecule has 0 fully saturated rings. The van der Waals surface area contributed by atoms with E-state index < -0.39 is 6.10 Å². The van der Waals surface area contributed by atoms with E-state index in [9.17, 15) is 0 Å². The van der Waals surface area contributed by atoms with Crippen LogP contribution in [-0.2, 0) is 0 Å². The molecule has 1 atom stereocenters. The summed E-state index contributed by atoms with van der Waals surface area (Å²) in [5.41, 5.74) is 8.96. The standard InChI is InChI=1S/C19H15N5O2/c20-18-13-7-11(12-8-21-22-9-12)5-6-14(13)23-19(24-18)17-10-25-15-3-1-2-4-16(15)26-17/h1-9,17H,10H2,(H,21,22)(H2,20,23,24). The number of nitrogen functional groups attached to an aromatic ring is 1. The molecule has 128 valence electrons. The molecule has 0 saturated carbocycles. The quantitative estimate of drug-likeness (QED) is 0.579. The second-order valence-corrected chi connectivity index (χ2v) is 6.05. The Bertz CT molecular complexity index is 1090. The summed E-state index contributed by atoms with van der Waals surface area (Å²) in [4.78, 5) is 9.09. The molecule has 0 bridgehead atoms. The summed E-state index contributed by atoms with van der Waals surface area (Å²) >= 11 is 0. The van der Waals surface area contributed by atoms with Crippen molar-refractivity contribution in [3.05, 3.63) is 60.7 Å². The molecule has 2 aromatic heterocycles. The third-order valence-corrected chi connectivity index (χ3v) is 4.37. The maximum atomic E-state index is 6.21. The van der Waals surface area contributed by atoms with Crippen LogP contribution in [0.4, 0.5) is 5.82 Å². The van der Waals surface area contributed by atoms with Crippen molar-refractivity contribution in [3.63, 3.8) is 0 Å². The SMILES string of the molecule is Nc1nc(C2COc3ccccc3O2)nc2ccc(-c3cn[nH]c3)cc12. The smallest absolute Gasteiger partial charge is 0.192 e. The van der Waals surface area contributed by atoms with Crippen molar-refractivity contribution >= 4 is 16.7 Å². The van der Waals surface area contributed by atoms with Crippen molar-refractivity contribution in [1.29, 1.82) is 0 Å². The van der Waals surface area contributed by atoms with Crippen molar-refractivity contribution < 1.29 is 9.47 Å². The second kappa shape index (κ2) is 5.73. The summed E-state index contributed by atoms with van der Waals surface area (Å²) in [5.74, 6) is 2.34. The van der Waals surface area contributed by atoms with Gasteiger partial charge in [0.2, 0.25) is 0 Å². The van der Waals surface area contributed by atoms with Gasteiger partial charge < -0.3 is 15.2 Å². The molecule has 3 heterocycles. The zero-order valence-electron chi connectivity index (χ0n) is 13.7. The maximum Gasteiger partial charge on any atom is 0.192 e. The minimum Gasteiger partial charge on any atom is -0.485 e. The van der Waals surface area contributed by atoms with Gasteiger partial charge in [-0.05, 0) is 29.8 Å². The van der Waals surface area contributed by atoms with E-state index in [0.29, 0.717) is 24.0 Å². The fourth-order valence-corrected chi connectivity index (χ4v) is 3.05. The van der Waals surface area contributed by atoms with Crippen LogP contribution >= 0.6 is 0 Å². The lowest BCUT2D eigenvalue weighted by molar-refractivity contribution is 0.0854. The minimum absolute atomic E-state index is 0.342. The van der Waals surface area contributed by atoms with Gasteiger partial charge in [0.25, 0.3) is 0 Å². The Kier molecular flexibility index (Phi) is 3.24. The molecule has 0 saturated heterocycles. The second-order valence-electron chi connectivity index (χ2n) is 6.05. The first-order chi connectivity index (χ1) is 12.8. The van der Waals surface area contributed by atoms with Crippen molar-refractivity contribution in [2.45, 2.75) is 6.10 Å². The Hall–Kier alpha value is -3.61. The molecule has 5 rings (SSSR count). The number of nitrogens with one attached hydrogen (secondary N) is 1. The first-order valence-electron chi connectivity index (χ1n) is 8.23. The highest BCUT2D eigenvalue weighted by molar-refractivity contribution is 5.91. The summed E-state index contributed by atoms with van der Waals surface area (Å²) in [6.45, 7) is 0.342. The van der Waals surface area contributed by atoms with E-state index in [2.05, 4.69) is 20.2 Å². The highest BCUT2D eigenvalue weighted by Crippen LogP contribution is 2.36. The molecule has 4 aromatic rings. The summed E-state index contributed by atoms with van der Waals surface area (Å²) in [5, 5.41) is 7.58. The van der Waals surface area contributed by atoms with Gasteiger partial charge in [-0.2, -0.15) is 5.10 Å². The van der Waals surface area contributed by atoms with Gasteiger partial charge in [-0.15, -0.1) is 0 Å². The molecule has 0 radical (unpaired) electrons. The van der Waals surface area contributed by atoms with E-state index in [1.165, 1.54) is 0 Å². The van der Waals surface area contributed by atoms with Gasteiger partial charge in [-0.3, -0.25) is 5.10 Å². The molecule has 0 spiro atoms. The number of hydrogen-bond donors (Lipinski definition) is 2. The Balaban J connectivity index is 1.53. The van der Waals surface area contributed by atoms with Crippen LogP contribution in [0.15, 0.2) is 54.9 Å². The van der Waals surface area contributed by atoms with E-state index in [-0.39, 0.29) is 0 Å². The number of ether oxygens (including phenoxy) is 2. The number of nitrogens with two attached hydrogens (primary N) is 1. The lowest BCUT2D eigenvalue weighted by Crippen LogP contribution is -2.23. The number of aromatic nitrogens is 4. The van der Waals surface area contributed by atoms with E-state index >= 15 is 0 Å². The van der Waals surface area contributed by atoms with Gasteiger partial charge in [0.15, 0.2) is 23.4 Å². The van der Waals surface area contributed by atoms with E-state index in [0.717, 1.165) is 27.8 Å². The van der Waals surface area contributed by atoms with Gasteiger partial charge in [0, 0.05) is 17.1 Å². The number of nitrogens with zero attached hydrogens (tertiary/aromatic N) is 3. The average Bonchev–Trinajstić information content (AvgIpc) is 3.22. The maximum absolute atomic E-state index is 6.21. The van der Waals surface area contributed by atoms with Crippen LogP contribution in [0, 0.1) is 0 Å². The molecule has 26 heavy (non-hydrogen) atoms. The third kappa shape index (κ3) is 2.41. The largest absolute Gasteiger partial charge is 0.485 e. The lowest BCUT2D eigenvalue weighted by Gasteiger charge is -2.25. The summed E-state index contributed by atoms with van der Waals surface area (Å²) < 4.78 is 11.7. The molecule has 3 N–H and O–H groups in total. The number of aromatic amines is 1. The molecule has 0 amide bonds. The Labute approximate surface area is 148 Å². The molecule has 7 nitrogen and oxygen atoms in total. The fraction of sp³-hybridized carbons (Fsp3) is 0.105. The van der Waals surface area contributed by atoms with Crippen molar-refractivity contribution in [3.8, 4) is 22.6 Å². The highest BCUT2D eigenvalue weighted by Gasteiger charge is 2.25. The van der Waals surface area contributed by atoms with Crippen LogP contribution in [0.1, 0.15) is 11.9 Å². The molecule has 1 aliphatic rings. The Morgan fingerprint density at radius 1 is 1.04 bits per heavy atom. The van der Waals surface area contributed by atoms with Crippen LogP contribution in [0.3, 0.4) is 0 Å². The Morgan fingerprint density at radius 2 is 1.92 bits per heavy atom. The summed E-state index contributed by atoms with van der Waals surface area (Å²) in [7, 11) is 0. The molecular formula is C19H15N5O2. The van der Waals surface area contributed by atoms with E-state index in [1.54, 1.807) is 6.20 Å². The van der Waals surface area contributed by atoms with Crippen LogP contribution < -0.4 is 15.2 Å². The van der Waals surface area contributed by atoms with Gasteiger partial charge in [-0.25, -0.2) is 9.97 Å². The molecular weight excluding hydrogens is 330 g/mol. The van der Waals surface area contributed by atoms with Crippen LogP contribution in [0.5, 0.6) is 11.5 Å². The predicted molar refractivity (Wildman–Crippen MR) is 96.8 cm³/mol. The number of para-hydroxylation sites is 2. The first kappa shape index (κ1) is 14.7. The third-order valence-electron chi connectivity index (χ3n) is 4.37. The number of fused-ring (bicyclic) bond motifs is 2. The van der Waals surface area contributed by atoms with Gasteiger partial charge in [0.1, 0.15) is 12.4 Å². The monoisotopic (exact) mass is 345 g/mol. The molecule has 1 unspecified atom stereocenters. The van der Waals surface area contributed by atoms with Crippen LogP contribution in [-0.4, -0.2) is 26.8 Å².